The van der Waals surface area contributed by atoms with E-state index in [1.807, 2.05) is 0 Å². The van der Waals surface area contributed by atoms with Crippen molar-refractivity contribution in [2.75, 3.05) is 26.3 Å². The summed E-state index contributed by atoms with van der Waals surface area (Å²) in [5.41, 5.74) is 0. The fourth-order valence-corrected chi connectivity index (χ4v) is 4.17. The van der Waals surface area contributed by atoms with Gasteiger partial charge in [0.25, 0.3) is 0 Å². The molecule has 1 amide bonds. The predicted octanol–water partition coefficient (Wildman–Crippen LogP) is 0.486. The minimum atomic E-state index is -0.0150. The van der Waals surface area contributed by atoms with E-state index in [1.165, 1.54) is 37.7 Å². The van der Waals surface area contributed by atoms with Crippen LogP contribution in [0.1, 0.15) is 32.6 Å². The smallest absolute Gasteiger partial charge is 0.248 e. The van der Waals surface area contributed by atoms with Gasteiger partial charge in [-0.1, -0.05) is 19.1 Å². The number of piperidine rings is 1. The normalized spacial score (nSPS) is 31.1. The number of amidine groups is 1. The Bertz CT molecular complexity index is 446. The summed E-state index contributed by atoms with van der Waals surface area (Å²) in [5, 5.41) is 5.05. The van der Waals surface area contributed by atoms with E-state index in [0.717, 1.165) is 35.0 Å². The van der Waals surface area contributed by atoms with Crippen molar-refractivity contribution in [3.8, 4) is 0 Å². The molecule has 2 fully saturated rings. The van der Waals surface area contributed by atoms with Crippen LogP contribution in [0.2, 0.25) is 0 Å². The number of hydrogen-bond acceptors (Lipinski definition) is 4. The third kappa shape index (κ3) is 2.99. The molecule has 3 aliphatic rings. The third-order valence-electron chi connectivity index (χ3n) is 4.24. The SMILES string of the molecule is CC1CC[NH+](CN2C(=S)SC3=NC(=O)CCCN32)CC1. The first-order valence-electron chi connectivity index (χ1n) is 7.35. The maximum atomic E-state index is 11.6. The number of carbonyl (C=O) groups is 1. The summed E-state index contributed by atoms with van der Waals surface area (Å²) in [6.07, 6.45) is 4.00. The molecule has 0 aromatic rings. The van der Waals surface area contributed by atoms with E-state index in [2.05, 4.69) is 21.9 Å². The predicted molar refractivity (Wildman–Crippen MR) is 84.4 cm³/mol. The second-order valence-corrected chi connectivity index (χ2v) is 7.47. The zero-order chi connectivity index (χ0) is 14.1. The van der Waals surface area contributed by atoms with Gasteiger partial charge in [0, 0.05) is 13.0 Å². The van der Waals surface area contributed by atoms with Crippen LogP contribution < -0.4 is 4.90 Å². The number of nitrogens with zero attached hydrogens (tertiary/aromatic N) is 3. The molecule has 3 heterocycles. The second-order valence-electron chi connectivity index (χ2n) is 5.87. The van der Waals surface area contributed by atoms with Crippen molar-refractivity contribution >= 4 is 39.4 Å². The van der Waals surface area contributed by atoms with E-state index in [4.69, 9.17) is 12.2 Å². The third-order valence-corrected chi connectivity index (χ3v) is 5.57. The van der Waals surface area contributed by atoms with Gasteiger partial charge in [0.05, 0.1) is 13.1 Å². The van der Waals surface area contributed by atoms with Crippen LogP contribution in [0.4, 0.5) is 0 Å². The number of quaternary nitrogens is 1. The molecule has 0 spiro atoms. The number of hydrogen-bond donors (Lipinski definition) is 1. The van der Waals surface area contributed by atoms with Crippen LogP contribution in [0.25, 0.3) is 0 Å². The average Bonchev–Trinajstić information content (AvgIpc) is 2.58. The Kier molecular flexibility index (Phi) is 4.28. The summed E-state index contributed by atoms with van der Waals surface area (Å²) < 4.78 is 0.838. The number of amides is 1. The molecule has 5 nitrogen and oxygen atoms in total. The Morgan fingerprint density at radius 3 is 2.95 bits per heavy atom. The highest BCUT2D eigenvalue weighted by atomic mass is 32.2. The molecule has 0 bridgehead atoms. The second kappa shape index (κ2) is 5.99. The minimum Gasteiger partial charge on any atom is -0.316 e. The molecule has 0 aromatic heterocycles. The first-order valence-corrected chi connectivity index (χ1v) is 8.58. The molecular formula is C13H21N4OS2+. The molecule has 110 valence electrons. The van der Waals surface area contributed by atoms with Crippen LogP contribution in [0.3, 0.4) is 0 Å². The molecule has 3 rings (SSSR count). The van der Waals surface area contributed by atoms with Gasteiger partial charge in [-0.3, -0.25) is 9.80 Å². The average molecular weight is 313 g/mol. The topological polar surface area (TPSA) is 40.4 Å². The van der Waals surface area contributed by atoms with E-state index in [-0.39, 0.29) is 5.91 Å². The van der Waals surface area contributed by atoms with Crippen molar-refractivity contribution in [2.45, 2.75) is 32.6 Å². The van der Waals surface area contributed by atoms with Crippen molar-refractivity contribution in [1.82, 2.24) is 10.0 Å². The van der Waals surface area contributed by atoms with Crippen LogP contribution in [-0.4, -0.2) is 51.7 Å². The number of likely N-dealkylation sites (tertiary alicyclic amines) is 1. The fourth-order valence-electron chi connectivity index (χ4n) is 2.92. The van der Waals surface area contributed by atoms with Crippen molar-refractivity contribution in [1.29, 1.82) is 0 Å². The van der Waals surface area contributed by atoms with Crippen LogP contribution in [0.5, 0.6) is 0 Å². The van der Waals surface area contributed by atoms with Gasteiger partial charge >= 0.3 is 0 Å². The van der Waals surface area contributed by atoms with E-state index in [1.54, 1.807) is 4.90 Å². The Labute approximate surface area is 129 Å². The molecule has 0 aromatic carbocycles. The lowest BCUT2D eigenvalue weighted by Gasteiger charge is -2.34. The number of fused-ring (bicyclic) bond motifs is 1. The molecule has 0 unspecified atom stereocenters. The van der Waals surface area contributed by atoms with Crippen molar-refractivity contribution in [3.63, 3.8) is 0 Å². The van der Waals surface area contributed by atoms with Gasteiger partial charge in [-0.15, -0.1) is 0 Å². The molecule has 0 atom stereocenters. The molecule has 0 saturated carbocycles. The summed E-state index contributed by atoms with van der Waals surface area (Å²) in [4.78, 5) is 17.3. The highest BCUT2D eigenvalue weighted by Crippen LogP contribution is 2.27. The Hall–Kier alpha value is -0.660. The van der Waals surface area contributed by atoms with Crippen molar-refractivity contribution in [3.05, 3.63) is 0 Å². The summed E-state index contributed by atoms with van der Waals surface area (Å²) in [7, 11) is 0. The molecule has 0 radical (unpaired) electrons. The molecule has 20 heavy (non-hydrogen) atoms. The standard InChI is InChI=1S/C13H20N4OS2/c1-10-4-7-15(8-5-10)9-17-13(19)20-12-14-11(18)3-2-6-16(12)17/h10H,2-9H2,1H3/p+1. The van der Waals surface area contributed by atoms with Gasteiger partial charge < -0.3 is 4.90 Å². The zero-order valence-electron chi connectivity index (χ0n) is 11.8. The van der Waals surface area contributed by atoms with Gasteiger partial charge in [-0.2, -0.15) is 4.99 Å². The maximum Gasteiger partial charge on any atom is 0.248 e. The molecule has 2 saturated heterocycles. The van der Waals surface area contributed by atoms with Gasteiger partial charge in [-0.25, -0.2) is 5.01 Å². The maximum absolute atomic E-state index is 11.6. The number of aliphatic imine (C=N–C) groups is 1. The number of rotatable bonds is 2. The quantitative estimate of drug-likeness (QED) is 0.751. The van der Waals surface area contributed by atoms with E-state index in [9.17, 15) is 4.79 Å². The summed E-state index contributed by atoms with van der Waals surface area (Å²) >= 11 is 6.93. The summed E-state index contributed by atoms with van der Waals surface area (Å²) in [5.74, 6) is 0.838. The lowest BCUT2D eigenvalue weighted by molar-refractivity contribution is -0.916. The molecule has 7 heteroatoms. The number of thioether (sulfide) groups is 1. The number of carbonyl (C=O) groups excluding carboxylic acids is 1. The molecule has 1 N–H and O–H groups in total. The molecule has 0 aliphatic carbocycles. The monoisotopic (exact) mass is 313 g/mol. The number of hydrazine groups is 1. The Balaban J connectivity index is 1.68. The Morgan fingerprint density at radius 2 is 2.20 bits per heavy atom. The summed E-state index contributed by atoms with van der Waals surface area (Å²) in [6, 6.07) is 0. The van der Waals surface area contributed by atoms with Crippen molar-refractivity contribution in [2.24, 2.45) is 10.9 Å². The van der Waals surface area contributed by atoms with Crippen LogP contribution in [0.15, 0.2) is 4.99 Å². The minimum absolute atomic E-state index is 0.0150. The Morgan fingerprint density at radius 1 is 1.45 bits per heavy atom. The van der Waals surface area contributed by atoms with Crippen LogP contribution in [-0.2, 0) is 4.79 Å². The van der Waals surface area contributed by atoms with E-state index < -0.39 is 0 Å². The first kappa shape index (κ1) is 14.3. The van der Waals surface area contributed by atoms with Crippen molar-refractivity contribution < 1.29 is 9.69 Å². The number of nitrogens with one attached hydrogen (secondary N) is 1. The van der Waals surface area contributed by atoms with E-state index >= 15 is 0 Å². The van der Waals surface area contributed by atoms with Crippen LogP contribution in [0, 0.1) is 5.92 Å². The lowest BCUT2D eigenvalue weighted by Crippen LogP contribution is -3.14. The number of thiocarbonyl (C=S) groups is 1. The first-order chi connectivity index (χ1) is 9.63. The molecule has 3 aliphatic heterocycles. The zero-order valence-corrected chi connectivity index (χ0v) is 13.4. The van der Waals surface area contributed by atoms with Gasteiger partial charge in [0.15, 0.2) is 16.2 Å². The highest BCUT2D eigenvalue weighted by Gasteiger charge is 2.36. The van der Waals surface area contributed by atoms with Crippen LogP contribution >= 0.6 is 24.0 Å². The fraction of sp³-hybridized carbons (Fsp3) is 0.769. The van der Waals surface area contributed by atoms with Gasteiger partial charge in [-0.05, 0) is 36.9 Å². The van der Waals surface area contributed by atoms with Gasteiger partial charge in [0.2, 0.25) is 5.91 Å². The van der Waals surface area contributed by atoms with Gasteiger partial charge in [0.1, 0.15) is 0 Å². The van der Waals surface area contributed by atoms with E-state index in [0.29, 0.717) is 6.42 Å². The highest BCUT2D eigenvalue weighted by molar-refractivity contribution is 8.33. The largest absolute Gasteiger partial charge is 0.316 e. The summed E-state index contributed by atoms with van der Waals surface area (Å²) in [6.45, 7) is 6.51. The molecular weight excluding hydrogens is 292 g/mol. The lowest BCUT2D eigenvalue weighted by atomic mass is 10.00.